The number of nitrogens with zero attached hydrogens (tertiary/aromatic N) is 2. The van der Waals surface area contributed by atoms with Crippen LogP contribution in [-0.2, 0) is 4.79 Å². The van der Waals surface area contributed by atoms with E-state index in [9.17, 15) is 9.59 Å². The average Bonchev–Trinajstić information content (AvgIpc) is 2.47. The largest absolute Gasteiger partial charge is 0.397 e. The van der Waals surface area contributed by atoms with E-state index in [1.807, 2.05) is 6.92 Å². The summed E-state index contributed by atoms with van der Waals surface area (Å²) in [5, 5.41) is 2.96. The van der Waals surface area contributed by atoms with Crippen molar-refractivity contribution in [2.75, 3.05) is 18.8 Å². The first-order chi connectivity index (χ1) is 9.61. The highest BCUT2D eigenvalue weighted by molar-refractivity contribution is 5.97. The summed E-state index contributed by atoms with van der Waals surface area (Å²) >= 11 is 0. The van der Waals surface area contributed by atoms with Gasteiger partial charge >= 0.3 is 0 Å². The van der Waals surface area contributed by atoms with Gasteiger partial charge in [0.05, 0.1) is 5.69 Å². The number of aromatic nitrogens is 1. The first-order valence-corrected chi connectivity index (χ1v) is 6.91. The first kappa shape index (κ1) is 14.3. The third kappa shape index (κ3) is 3.26. The molecular weight excluding hydrogens is 256 g/mol. The first-order valence-electron chi connectivity index (χ1n) is 6.91. The topological polar surface area (TPSA) is 88.3 Å². The van der Waals surface area contributed by atoms with E-state index >= 15 is 0 Å². The van der Waals surface area contributed by atoms with Gasteiger partial charge in [0.15, 0.2) is 5.69 Å². The van der Waals surface area contributed by atoms with Crippen LogP contribution in [0.15, 0.2) is 18.3 Å². The Hall–Kier alpha value is -2.11. The van der Waals surface area contributed by atoms with Gasteiger partial charge in [-0.3, -0.25) is 9.59 Å². The molecule has 1 aromatic heterocycles. The van der Waals surface area contributed by atoms with Gasteiger partial charge in [-0.05, 0) is 25.0 Å². The van der Waals surface area contributed by atoms with E-state index in [1.54, 1.807) is 23.2 Å². The molecule has 1 fully saturated rings. The fraction of sp³-hybridized carbons (Fsp3) is 0.500. The lowest BCUT2D eigenvalue weighted by atomic mass is 10.0. The number of nitrogen functional groups attached to an aromatic ring is 1. The Labute approximate surface area is 118 Å². The summed E-state index contributed by atoms with van der Waals surface area (Å²) < 4.78 is 0. The van der Waals surface area contributed by atoms with Crippen molar-refractivity contribution in [2.45, 2.75) is 32.2 Å². The maximum absolute atomic E-state index is 12.3. The molecule has 20 heavy (non-hydrogen) atoms. The van der Waals surface area contributed by atoms with Crippen LogP contribution >= 0.6 is 0 Å². The monoisotopic (exact) mass is 276 g/mol. The van der Waals surface area contributed by atoms with Crippen LogP contribution < -0.4 is 11.1 Å². The van der Waals surface area contributed by atoms with Crippen molar-refractivity contribution in [1.29, 1.82) is 0 Å². The highest BCUT2D eigenvalue weighted by Gasteiger charge is 2.25. The molecule has 1 aliphatic rings. The molecule has 2 heterocycles. The highest BCUT2D eigenvalue weighted by Crippen LogP contribution is 2.16. The Balaban J connectivity index is 1.92. The number of amides is 2. The molecule has 2 rings (SSSR count). The summed E-state index contributed by atoms with van der Waals surface area (Å²) in [6.45, 7) is 3.06. The quantitative estimate of drug-likeness (QED) is 0.854. The van der Waals surface area contributed by atoms with Crippen molar-refractivity contribution < 1.29 is 9.59 Å². The Morgan fingerprint density at radius 1 is 1.45 bits per heavy atom. The molecule has 0 saturated carbocycles. The van der Waals surface area contributed by atoms with Crippen molar-refractivity contribution >= 4 is 17.5 Å². The molecule has 0 radical (unpaired) electrons. The van der Waals surface area contributed by atoms with Crippen LogP contribution in [0.2, 0.25) is 0 Å². The van der Waals surface area contributed by atoms with Gasteiger partial charge in [0, 0.05) is 31.7 Å². The van der Waals surface area contributed by atoms with Crippen molar-refractivity contribution in [1.82, 2.24) is 15.2 Å². The number of anilines is 1. The van der Waals surface area contributed by atoms with Gasteiger partial charge in [0.2, 0.25) is 5.91 Å². The average molecular weight is 276 g/mol. The van der Waals surface area contributed by atoms with Crippen LogP contribution in [-0.4, -0.2) is 40.8 Å². The second-order valence-corrected chi connectivity index (χ2v) is 4.93. The number of nitrogens with two attached hydrogens (primary N) is 1. The summed E-state index contributed by atoms with van der Waals surface area (Å²) in [6.07, 6.45) is 3.59. The Kier molecular flexibility index (Phi) is 4.55. The van der Waals surface area contributed by atoms with Gasteiger partial charge in [-0.25, -0.2) is 4.98 Å². The number of hydrogen-bond acceptors (Lipinski definition) is 4. The fourth-order valence-electron chi connectivity index (χ4n) is 2.30. The fourth-order valence-corrected chi connectivity index (χ4v) is 2.30. The summed E-state index contributed by atoms with van der Waals surface area (Å²) in [5.74, 6) is -0.0767. The van der Waals surface area contributed by atoms with E-state index < -0.39 is 0 Å². The van der Waals surface area contributed by atoms with Gasteiger partial charge in [0.1, 0.15) is 0 Å². The summed E-state index contributed by atoms with van der Waals surface area (Å²) in [4.78, 5) is 29.4. The summed E-state index contributed by atoms with van der Waals surface area (Å²) in [6, 6.07) is 3.54. The molecule has 2 amide bonds. The lowest BCUT2D eigenvalue weighted by Gasteiger charge is -2.32. The van der Waals surface area contributed by atoms with Crippen LogP contribution in [0.5, 0.6) is 0 Å². The molecule has 6 heteroatoms. The van der Waals surface area contributed by atoms with Gasteiger partial charge in [-0.15, -0.1) is 0 Å². The van der Waals surface area contributed by atoms with Crippen molar-refractivity contribution in [2.24, 2.45) is 0 Å². The summed E-state index contributed by atoms with van der Waals surface area (Å²) in [7, 11) is 0. The number of piperidine rings is 1. The molecule has 1 aliphatic heterocycles. The lowest BCUT2D eigenvalue weighted by molar-refractivity contribution is -0.121. The Morgan fingerprint density at radius 3 is 2.75 bits per heavy atom. The molecule has 1 aromatic rings. The molecule has 0 aliphatic carbocycles. The normalized spacial score (nSPS) is 15.9. The lowest BCUT2D eigenvalue weighted by Crippen LogP contribution is -2.46. The molecule has 6 nitrogen and oxygen atoms in total. The molecule has 0 spiro atoms. The molecule has 0 atom stereocenters. The maximum atomic E-state index is 12.3. The minimum absolute atomic E-state index is 0.0590. The number of hydrogen-bond donors (Lipinski definition) is 2. The Morgan fingerprint density at radius 2 is 2.15 bits per heavy atom. The summed E-state index contributed by atoms with van der Waals surface area (Å²) in [5.41, 5.74) is 6.48. The van der Waals surface area contributed by atoms with E-state index in [0.29, 0.717) is 30.9 Å². The van der Waals surface area contributed by atoms with Crippen LogP contribution in [0.25, 0.3) is 0 Å². The van der Waals surface area contributed by atoms with E-state index in [4.69, 9.17) is 5.73 Å². The van der Waals surface area contributed by atoms with Gasteiger partial charge in [-0.2, -0.15) is 0 Å². The third-order valence-electron chi connectivity index (χ3n) is 3.51. The van der Waals surface area contributed by atoms with Gasteiger partial charge in [-0.1, -0.05) is 6.92 Å². The number of carbonyl (C=O) groups is 2. The number of carbonyl (C=O) groups excluding carboxylic acids is 2. The van der Waals surface area contributed by atoms with Crippen LogP contribution in [0, 0.1) is 0 Å². The third-order valence-corrected chi connectivity index (χ3v) is 3.51. The highest BCUT2D eigenvalue weighted by atomic mass is 16.2. The molecule has 0 aromatic carbocycles. The molecule has 108 valence electrons. The van der Waals surface area contributed by atoms with Crippen molar-refractivity contribution in [3.63, 3.8) is 0 Å². The standard InChI is InChI=1S/C14H20N4O2/c1-2-12(19)17-10-5-8-18(9-6-10)14(20)13-11(15)4-3-7-16-13/h3-4,7,10H,2,5-6,8-9,15H2,1H3,(H,17,19). The van der Waals surface area contributed by atoms with Crippen LogP contribution in [0.1, 0.15) is 36.7 Å². The molecular formula is C14H20N4O2. The zero-order chi connectivity index (χ0) is 14.5. The Bertz CT molecular complexity index is 496. The van der Waals surface area contributed by atoms with E-state index in [0.717, 1.165) is 12.8 Å². The zero-order valence-electron chi connectivity index (χ0n) is 11.6. The number of rotatable bonds is 3. The van der Waals surface area contributed by atoms with Crippen molar-refractivity contribution in [3.8, 4) is 0 Å². The van der Waals surface area contributed by atoms with Crippen LogP contribution in [0.4, 0.5) is 5.69 Å². The predicted octanol–water partition coefficient (Wildman–Crippen LogP) is 0.795. The van der Waals surface area contributed by atoms with E-state index in [1.165, 1.54) is 0 Å². The number of nitrogens with one attached hydrogen (secondary N) is 1. The minimum Gasteiger partial charge on any atom is -0.397 e. The predicted molar refractivity (Wildman–Crippen MR) is 76.0 cm³/mol. The van der Waals surface area contributed by atoms with Crippen molar-refractivity contribution in [3.05, 3.63) is 24.0 Å². The SMILES string of the molecule is CCC(=O)NC1CCN(C(=O)c2ncccc2N)CC1. The zero-order valence-corrected chi connectivity index (χ0v) is 11.6. The smallest absolute Gasteiger partial charge is 0.274 e. The van der Waals surface area contributed by atoms with E-state index in [-0.39, 0.29) is 17.9 Å². The molecule has 1 saturated heterocycles. The maximum Gasteiger partial charge on any atom is 0.274 e. The molecule has 3 N–H and O–H groups in total. The van der Waals surface area contributed by atoms with Gasteiger partial charge < -0.3 is 16.0 Å². The minimum atomic E-state index is -0.136. The second-order valence-electron chi connectivity index (χ2n) is 4.93. The van der Waals surface area contributed by atoms with Crippen LogP contribution in [0.3, 0.4) is 0 Å². The molecule has 0 unspecified atom stereocenters. The van der Waals surface area contributed by atoms with Gasteiger partial charge in [0.25, 0.3) is 5.91 Å². The second kappa shape index (κ2) is 6.36. The number of likely N-dealkylation sites (tertiary alicyclic amines) is 1. The molecule has 0 bridgehead atoms. The van der Waals surface area contributed by atoms with E-state index in [2.05, 4.69) is 10.3 Å². The number of pyridine rings is 1.